The van der Waals surface area contributed by atoms with Gasteiger partial charge in [0.05, 0.1) is 4.88 Å². The molecule has 1 aliphatic rings. The number of nitrogens with one attached hydrogen (secondary N) is 2. The smallest absolute Gasteiger partial charge is 0.280 e. The fraction of sp³-hybridized carbons (Fsp3) is 0.333. The van der Waals surface area contributed by atoms with Crippen LogP contribution in [0.1, 0.15) is 16.7 Å². The molecule has 2 aromatic rings. The van der Waals surface area contributed by atoms with E-state index in [9.17, 15) is 4.79 Å². The van der Waals surface area contributed by atoms with Crippen LogP contribution in [0.5, 0.6) is 0 Å². The summed E-state index contributed by atoms with van der Waals surface area (Å²) in [6.07, 6.45) is 1.77. The van der Waals surface area contributed by atoms with Crippen LogP contribution in [0.3, 0.4) is 0 Å². The third-order valence-electron chi connectivity index (χ3n) is 3.59. The summed E-state index contributed by atoms with van der Waals surface area (Å²) in [4.78, 5) is 17.5. The predicted octanol–water partition coefficient (Wildman–Crippen LogP) is 2.15. The van der Waals surface area contributed by atoms with Gasteiger partial charge in [-0.1, -0.05) is 37.3 Å². The maximum atomic E-state index is 12.2. The number of nitrogens with zero attached hydrogens (tertiary/aromatic N) is 1. The molecule has 1 amide bonds. The molecule has 0 spiro atoms. The number of hydrogen-bond acceptors (Lipinski definition) is 4. The molecule has 20 heavy (non-hydrogen) atoms. The first kappa shape index (κ1) is 13.3. The number of rotatable bonds is 3. The van der Waals surface area contributed by atoms with Gasteiger partial charge in [0.1, 0.15) is 0 Å². The molecule has 104 valence electrons. The number of thiazole rings is 1. The Balaban J connectivity index is 1.72. The van der Waals surface area contributed by atoms with Gasteiger partial charge in [0.2, 0.25) is 0 Å². The van der Waals surface area contributed by atoms with Crippen LogP contribution in [0, 0.1) is 5.92 Å². The van der Waals surface area contributed by atoms with Crippen molar-refractivity contribution in [1.29, 1.82) is 0 Å². The molecule has 0 bridgehead atoms. The Morgan fingerprint density at radius 3 is 2.85 bits per heavy atom. The largest absolute Gasteiger partial charge is 0.346 e. The molecule has 0 aliphatic carbocycles. The van der Waals surface area contributed by atoms with Crippen molar-refractivity contribution >= 4 is 17.2 Å². The van der Waals surface area contributed by atoms with E-state index in [0.717, 1.165) is 23.5 Å². The summed E-state index contributed by atoms with van der Waals surface area (Å²) in [7, 11) is 0. The summed E-state index contributed by atoms with van der Waals surface area (Å²) < 4.78 is 0. The van der Waals surface area contributed by atoms with E-state index in [4.69, 9.17) is 0 Å². The normalized spacial score (nSPS) is 21.9. The number of carbonyl (C=O) groups excluding carboxylic acids is 1. The van der Waals surface area contributed by atoms with Crippen LogP contribution in [-0.2, 0) is 0 Å². The average molecular weight is 287 g/mol. The van der Waals surface area contributed by atoms with E-state index in [-0.39, 0.29) is 11.9 Å². The van der Waals surface area contributed by atoms with Gasteiger partial charge in [-0.05, 0) is 18.0 Å². The zero-order valence-corrected chi connectivity index (χ0v) is 12.1. The lowest BCUT2D eigenvalue weighted by atomic mass is 10.1. The fourth-order valence-corrected chi connectivity index (χ4v) is 3.17. The molecule has 5 heteroatoms. The Morgan fingerprint density at radius 2 is 2.15 bits per heavy atom. The summed E-state index contributed by atoms with van der Waals surface area (Å²) in [5, 5.41) is 6.86. The van der Waals surface area contributed by atoms with Gasteiger partial charge in [-0.25, -0.2) is 4.98 Å². The second kappa shape index (κ2) is 5.73. The van der Waals surface area contributed by atoms with Crippen LogP contribution in [-0.4, -0.2) is 30.0 Å². The first-order valence-corrected chi connectivity index (χ1v) is 7.58. The Labute approximate surface area is 122 Å². The van der Waals surface area contributed by atoms with Crippen molar-refractivity contribution in [3.63, 3.8) is 0 Å². The summed E-state index contributed by atoms with van der Waals surface area (Å²) in [5.41, 5.74) is 1.10. The molecule has 0 radical (unpaired) electrons. The first-order chi connectivity index (χ1) is 9.74. The highest BCUT2D eigenvalue weighted by Crippen LogP contribution is 2.25. The van der Waals surface area contributed by atoms with Gasteiger partial charge in [0, 0.05) is 18.8 Å². The van der Waals surface area contributed by atoms with Gasteiger partial charge < -0.3 is 10.6 Å². The van der Waals surface area contributed by atoms with Gasteiger partial charge in [-0.3, -0.25) is 4.79 Å². The molecule has 3 rings (SSSR count). The van der Waals surface area contributed by atoms with Crippen molar-refractivity contribution in [2.45, 2.75) is 13.0 Å². The van der Waals surface area contributed by atoms with Gasteiger partial charge in [0.15, 0.2) is 5.01 Å². The predicted molar refractivity (Wildman–Crippen MR) is 80.8 cm³/mol. The third-order valence-corrected chi connectivity index (χ3v) is 4.64. The molecule has 1 aromatic carbocycles. The van der Waals surface area contributed by atoms with E-state index in [1.807, 2.05) is 30.3 Å². The Kier molecular flexibility index (Phi) is 3.80. The molecule has 0 saturated carbocycles. The minimum absolute atomic E-state index is 0.0715. The summed E-state index contributed by atoms with van der Waals surface area (Å²) in [6.45, 7) is 3.93. The number of carbonyl (C=O) groups is 1. The monoisotopic (exact) mass is 287 g/mol. The number of aromatic nitrogens is 1. The molecule has 1 aliphatic heterocycles. The second-order valence-electron chi connectivity index (χ2n) is 5.11. The molecule has 2 N–H and O–H groups in total. The Bertz CT molecular complexity index is 596. The van der Waals surface area contributed by atoms with Crippen LogP contribution in [0.25, 0.3) is 10.4 Å². The van der Waals surface area contributed by atoms with Crippen LogP contribution in [0.2, 0.25) is 0 Å². The average Bonchev–Trinajstić information content (AvgIpc) is 3.10. The maximum absolute atomic E-state index is 12.2. The van der Waals surface area contributed by atoms with Crippen molar-refractivity contribution < 1.29 is 4.79 Å². The van der Waals surface area contributed by atoms with Crippen LogP contribution >= 0.6 is 11.3 Å². The van der Waals surface area contributed by atoms with Gasteiger partial charge >= 0.3 is 0 Å². The van der Waals surface area contributed by atoms with Gasteiger partial charge in [-0.2, -0.15) is 0 Å². The first-order valence-electron chi connectivity index (χ1n) is 6.77. The van der Waals surface area contributed by atoms with E-state index >= 15 is 0 Å². The van der Waals surface area contributed by atoms with Crippen molar-refractivity contribution in [1.82, 2.24) is 15.6 Å². The van der Waals surface area contributed by atoms with Crippen molar-refractivity contribution in [3.8, 4) is 10.4 Å². The molecule has 1 saturated heterocycles. The Hall–Kier alpha value is -1.72. The third kappa shape index (κ3) is 2.73. The van der Waals surface area contributed by atoms with Crippen LogP contribution < -0.4 is 10.6 Å². The molecule has 2 heterocycles. The summed E-state index contributed by atoms with van der Waals surface area (Å²) >= 11 is 1.44. The lowest BCUT2D eigenvalue weighted by Gasteiger charge is -2.14. The van der Waals surface area contributed by atoms with Crippen molar-refractivity contribution in [2.75, 3.05) is 13.1 Å². The highest BCUT2D eigenvalue weighted by Gasteiger charge is 2.25. The highest BCUT2D eigenvalue weighted by atomic mass is 32.1. The maximum Gasteiger partial charge on any atom is 0.280 e. The second-order valence-corrected chi connectivity index (χ2v) is 6.14. The SMILES string of the molecule is C[C@@H]1CNC[C@H]1NC(=O)c1ncc(-c2ccccc2)s1. The zero-order chi connectivity index (χ0) is 13.9. The topological polar surface area (TPSA) is 54.0 Å². The number of amides is 1. The lowest BCUT2D eigenvalue weighted by molar-refractivity contribution is 0.0932. The number of benzene rings is 1. The fourth-order valence-electron chi connectivity index (χ4n) is 2.35. The molecule has 4 nitrogen and oxygen atoms in total. The number of hydrogen-bond donors (Lipinski definition) is 2. The van der Waals surface area contributed by atoms with E-state index in [1.54, 1.807) is 6.20 Å². The minimum Gasteiger partial charge on any atom is -0.346 e. The van der Waals surface area contributed by atoms with Crippen molar-refractivity contribution in [3.05, 3.63) is 41.5 Å². The van der Waals surface area contributed by atoms with E-state index in [2.05, 4.69) is 22.5 Å². The lowest BCUT2D eigenvalue weighted by Crippen LogP contribution is -2.39. The van der Waals surface area contributed by atoms with Crippen LogP contribution in [0.4, 0.5) is 0 Å². The van der Waals surface area contributed by atoms with Crippen LogP contribution in [0.15, 0.2) is 36.5 Å². The molecule has 2 atom stereocenters. The standard InChI is InChI=1S/C15H17N3OS/c1-10-7-16-8-12(10)18-14(19)15-17-9-13(20-15)11-5-3-2-4-6-11/h2-6,9-10,12,16H,7-8H2,1H3,(H,18,19)/t10-,12-/m1/s1. The highest BCUT2D eigenvalue weighted by molar-refractivity contribution is 7.16. The zero-order valence-electron chi connectivity index (χ0n) is 11.3. The van der Waals surface area contributed by atoms with E-state index in [1.165, 1.54) is 11.3 Å². The summed E-state index contributed by atoms with van der Waals surface area (Å²) in [6, 6.07) is 10.2. The van der Waals surface area contributed by atoms with Crippen molar-refractivity contribution in [2.24, 2.45) is 5.92 Å². The van der Waals surface area contributed by atoms with E-state index in [0.29, 0.717) is 10.9 Å². The molecule has 0 unspecified atom stereocenters. The summed E-state index contributed by atoms with van der Waals surface area (Å²) in [5.74, 6) is 0.394. The van der Waals surface area contributed by atoms with E-state index < -0.39 is 0 Å². The Morgan fingerprint density at radius 1 is 1.35 bits per heavy atom. The molecular formula is C15H17N3OS. The molecule has 1 fully saturated rings. The van der Waals surface area contributed by atoms with Gasteiger partial charge in [0.25, 0.3) is 5.91 Å². The molecular weight excluding hydrogens is 270 g/mol. The minimum atomic E-state index is -0.0715. The quantitative estimate of drug-likeness (QED) is 0.909. The molecule has 1 aromatic heterocycles. The van der Waals surface area contributed by atoms with Gasteiger partial charge in [-0.15, -0.1) is 11.3 Å².